The van der Waals surface area contributed by atoms with Crippen LogP contribution in [0.4, 0.5) is 5.82 Å². The highest BCUT2D eigenvalue weighted by Crippen LogP contribution is 2.21. The number of aromatic carboxylic acids is 1. The summed E-state index contributed by atoms with van der Waals surface area (Å²) in [7, 11) is 3.28. The second-order valence-electron chi connectivity index (χ2n) is 4.04. The molecule has 0 saturated carbocycles. The lowest BCUT2D eigenvalue weighted by Gasteiger charge is -2.15. The van der Waals surface area contributed by atoms with Gasteiger partial charge in [0.2, 0.25) is 0 Å². The second-order valence-corrected chi connectivity index (χ2v) is 4.04. The Kier molecular flexibility index (Phi) is 3.73. The molecule has 0 spiro atoms. The number of hydrogen-bond acceptors (Lipinski definition) is 6. The molecule has 1 aliphatic heterocycles. The molecule has 0 aliphatic carbocycles. The smallest absolute Gasteiger partial charge is 0.356 e. The monoisotopic (exact) mass is 253 g/mol. The highest BCUT2D eigenvalue weighted by atomic mass is 16.5. The summed E-state index contributed by atoms with van der Waals surface area (Å²) in [5.41, 5.74) is -0.0653. The standard InChI is InChI=1S/C11H15N3O4/c1-17-8-5-14(6-9(8)18-2)10-4-3-7(11(15)16)12-13-10/h3-4,8-9H,5-6H2,1-2H3,(H,15,16). The van der Waals surface area contributed by atoms with Gasteiger partial charge in [-0.1, -0.05) is 0 Å². The van der Waals surface area contributed by atoms with Crippen molar-refractivity contribution in [2.45, 2.75) is 12.2 Å². The average Bonchev–Trinajstić information content (AvgIpc) is 2.82. The number of rotatable bonds is 4. The zero-order valence-electron chi connectivity index (χ0n) is 10.2. The van der Waals surface area contributed by atoms with E-state index in [0.29, 0.717) is 18.9 Å². The van der Waals surface area contributed by atoms with Gasteiger partial charge in [0.1, 0.15) is 12.2 Å². The number of aromatic nitrogens is 2. The molecule has 0 amide bonds. The lowest BCUT2D eigenvalue weighted by molar-refractivity contribution is -0.00461. The largest absolute Gasteiger partial charge is 0.476 e. The normalized spacial score (nSPS) is 23.3. The Labute approximate surface area is 104 Å². The van der Waals surface area contributed by atoms with Crippen molar-refractivity contribution in [1.29, 1.82) is 0 Å². The molecular formula is C11H15N3O4. The van der Waals surface area contributed by atoms with Gasteiger partial charge in [-0.2, -0.15) is 0 Å². The molecule has 7 heteroatoms. The fraction of sp³-hybridized carbons (Fsp3) is 0.545. The van der Waals surface area contributed by atoms with E-state index >= 15 is 0 Å². The molecule has 18 heavy (non-hydrogen) atoms. The molecule has 2 atom stereocenters. The third-order valence-corrected chi connectivity index (χ3v) is 3.01. The van der Waals surface area contributed by atoms with Gasteiger partial charge in [-0.25, -0.2) is 4.79 Å². The third kappa shape index (κ3) is 2.41. The fourth-order valence-corrected chi connectivity index (χ4v) is 1.99. The maximum absolute atomic E-state index is 10.7. The second kappa shape index (κ2) is 5.28. The van der Waals surface area contributed by atoms with Crippen molar-refractivity contribution < 1.29 is 19.4 Å². The number of nitrogens with zero attached hydrogens (tertiary/aromatic N) is 3. The van der Waals surface area contributed by atoms with Crippen LogP contribution in [-0.2, 0) is 9.47 Å². The van der Waals surface area contributed by atoms with Crippen molar-refractivity contribution >= 4 is 11.8 Å². The molecular weight excluding hydrogens is 238 g/mol. The SMILES string of the molecule is COC1CN(c2ccc(C(=O)O)nn2)CC1OC. The summed E-state index contributed by atoms with van der Waals surface area (Å²) in [5, 5.41) is 16.3. The Balaban J connectivity index is 2.11. The van der Waals surface area contributed by atoms with Crippen LogP contribution in [0.3, 0.4) is 0 Å². The van der Waals surface area contributed by atoms with Gasteiger partial charge >= 0.3 is 5.97 Å². The van der Waals surface area contributed by atoms with E-state index in [4.69, 9.17) is 14.6 Å². The Hall–Kier alpha value is -1.73. The average molecular weight is 253 g/mol. The van der Waals surface area contributed by atoms with E-state index < -0.39 is 5.97 Å². The number of carboxylic acids is 1. The van der Waals surface area contributed by atoms with Gasteiger partial charge in [-0.05, 0) is 12.1 Å². The van der Waals surface area contributed by atoms with Crippen molar-refractivity contribution in [3.8, 4) is 0 Å². The Morgan fingerprint density at radius 3 is 2.28 bits per heavy atom. The molecule has 1 aromatic rings. The van der Waals surface area contributed by atoms with E-state index in [0.717, 1.165) is 0 Å². The number of carboxylic acid groups (broad SMARTS) is 1. The van der Waals surface area contributed by atoms with Crippen LogP contribution in [0.25, 0.3) is 0 Å². The maximum Gasteiger partial charge on any atom is 0.356 e. The van der Waals surface area contributed by atoms with Gasteiger partial charge in [-0.15, -0.1) is 10.2 Å². The number of ether oxygens (including phenoxy) is 2. The van der Waals surface area contributed by atoms with Crippen LogP contribution in [0.15, 0.2) is 12.1 Å². The third-order valence-electron chi connectivity index (χ3n) is 3.01. The summed E-state index contributed by atoms with van der Waals surface area (Å²) in [6, 6.07) is 3.08. The molecule has 1 saturated heterocycles. The van der Waals surface area contributed by atoms with E-state index in [1.807, 2.05) is 4.90 Å². The lowest BCUT2D eigenvalue weighted by Crippen LogP contribution is -2.27. The van der Waals surface area contributed by atoms with E-state index in [1.165, 1.54) is 6.07 Å². The van der Waals surface area contributed by atoms with Crippen LogP contribution in [0.5, 0.6) is 0 Å². The summed E-state index contributed by atoms with van der Waals surface area (Å²) >= 11 is 0. The van der Waals surface area contributed by atoms with Gasteiger partial charge in [-0.3, -0.25) is 0 Å². The minimum absolute atomic E-state index is 0.0176. The van der Waals surface area contributed by atoms with Crippen LogP contribution >= 0.6 is 0 Å². The summed E-state index contributed by atoms with van der Waals surface area (Å²) in [6.07, 6.45) is -0.0353. The number of carbonyl (C=O) groups is 1. The van der Waals surface area contributed by atoms with E-state index in [2.05, 4.69) is 10.2 Å². The van der Waals surface area contributed by atoms with Gasteiger partial charge in [0.15, 0.2) is 11.5 Å². The summed E-state index contributed by atoms with van der Waals surface area (Å²) in [6.45, 7) is 1.30. The number of methoxy groups -OCH3 is 2. The predicted octanol–water partition coefficient (Wildman–Crippen LogP) is 0.0248. The molecule has 2 rings (SSSR count). The molecule has 98 valence electrons. The fourth-order valence-electron chi connectivity index (χ4n) is 1.99. The first kappa shape index (κ1) is 12.7. The molecule has 0 radical (unpaired) electrons. The van der Waals surface area contributed by atoms with Crippen molar-refractivity contribution in [3.05, 3.63) is 17.8 Å². The summed E-state index contributed by atoms with van der Waals surface area (Å²) < 4.78 is 10.6. The maximum atomic E-state index is 10.7. The van der Waals surface area contributed by atoms with Crippen molar-refractivity contribution in [3.63, 3.8) is 0 Å². The minimum atomic E-state index is -1.08. The highest BCUT2D eigenvalue weighted by Gasteiger charge is 2.33. The zero-order valence-corrected chi connectivity index (χ0v) is 10.2. The van der Waals surface area contributed by atoms with Gasteiger partial charge in [0, 0.05) is 27.3 Å². The first-order chi connectivity index (χ1) is 8.65. The summed E-state index contributed by atoms with van der Waals surface area (Å²) in [4.78, 5) is 12.6. The quantitative estimate of drug-likeness (QED) is 0.809. The van der Waals surface area contributed by atoms with Crippen LogP contribution < -0.4 is 4.90 Å². The number of hydrogen-bond donors (Lipinski definition) is 1. The first-order valence-electron chi connectivity index (χ1n) is 5.53. The van der Waals surface area contributed by atoms with Gasteiger partial charge in [0.25, 0.3) is 0 Å². The summed E-state index contributed by atoms with van der Waals surface area (Å²) in [5.74, 6) is -0.457. The molecule has 0 aromatic carbocycles. The van der Waals surface area contributed by atoms with Gasteiger partial charge in [0.05, 0.1) is 0 Å². The predicted molar refractivity (Wildman–Crippen MR) is 62.8 cm³/mol. The van der Waals surface area contributed by atoms with Crippen LogP contribution in [-0.4, -0.2) is 60.8 Å². The van der Waals surface area contributed by atoms with E-state index in [-0.39, 0.29) is 17.9 Å². The number of anilines is 1. The lowest BCUT2D eigenvalue weighted by atomic mass is 10.3. The topological polar surface area (TPSA) is 84.8 Å². The molecule has 1 fully saturated rings. The first-order valence-corrected chi connectivity index (χ1v) is 5.53. The Bertz CT molecular complexity index is 411. The van der Waals surface area contributed by atoms with Gasteiger partial charge < -0.3 is 19.5 Å². The minimum Gasteiger partial charge on any atom is -0.476 e. The molecule has 2 unspecified atom stereocenters. The zero-order chi connectivity index (χ0) is 13.1. The molecule has 1 N–H and O–H groups in total. The van der Waals surface area contributed by atoms with E-state index in [1.54, 1.807) is 20.3 Å². The molecule has 2 heterocycles. The van der Waals surface area contributed by atoms with Crippen molar-refractivity contribution in [2.24, 2.45) is 0 Å². The van der Waals surface area contributed by atoms with Crippen molar-refractivity contribution in [1.82, 2.24) is 10.2 Å². The molecule has 1 aliphatic rings. The molecule has 7 nitrogen and oxygen atoms in total. The van der Waals surface area contributed by atoms with E-state index in [9.17, 15) is 4.79 Å². The van der Waals surface area contributed by atoms with Crippen LogP contribution in [0, 0.1) is 0 Å². The Morgan fingerprint density at radius 1 is 1.28 bits per heavy atom. The molecule has 1 aromatic heterocycles. The molecule has 0 bridgehead atoms. The van der Waals surface area contributed by atoms with Crippen LogP contribution in [0.1, 0.15) is 10.5 Å². The van der Waals surface area contributed by atoms with Crippen molar-refractivity contribution in [2.75, 3.05) is 32.2 Å². The highest BCUT2D eigenvalue weighted by molar-refractivity contribution is 5.85. The Morgan fingerprint density at radius 2 is 1.89 bits per heavy atom. The van der Waals surface area contributed by atoms with Crippen LogP contribution in [0.2, 0.25) is 0 Å².